The van der Waals surface area contributed by atoms with Gasteiger partial charge in [0, 0.05) is 5.56 Å². The van der Waals surface area contributed by atoms with Crippen LogP contribution < -0.4 is 0 Å². The number of carbonyl (C=O) groups is 1. The minimum absolute atomic E-state index is 0.142. The summed E-state index contributed by atoms with van der Waals surface area (Å²) in [5.74, 6) is 4.73. The first kappa shape index (κ1) is 13.7. The normalized spacial score (nSPS) is 8.61. The standard InChI is InChI=1S/C12H9N3O2S/c13-4-6-15(7-5-14)12(17)11-10(2-1-8-16)3-9-18-11/h3,9,16H,6-8H2. The molecule has 0 aliphatic rings. The van der Waals surface area contributed by atoms with Gasteiger partial charge in [-0.1, -0.05) is 11.8 Å². The number of amides is 1. The first-order valence-corrected chi connectivity index (χ1v) is 5.83. The number of carbonyl (C=O) groups excluding carboxylic acids is 1. The zero-order valence-corrected chi connectivity index (χ0v) is 10.2. The summed E-state index contributed by atoms with van der Waals surface area (Å²) in [6.07, 6.45) is 0. The molecule has 6 heteroatoms. The zero-order chi connectivity index (χ0) is 13.4. The van der Waals surface area contributed by atoms with Gasteiger partial charge in [0.25, 0.3) is 5.91 Å². The summed E-state index contributed by atoms with van der Waals surface area (Å²) in [6, 6.07) is 5.35. The molecule has 0 atom stereocenters. The molecule has 0 saturated carbocycles. The van der Waals surface area contributed by atoms with E-state index in [0.29, 0.717) is 10.4 Å². The SMILES string of the molecule is N#CCN(CC#N)C(=O)c1sccc1C#CCO. The summed E-state index contributed by atoms with van der Waals surface area (Å²) in [7, 11) is 0. The molecule has 1 aromatic rings. The van der Waals surface area contributed by atoms with Crippen molar-refractivity contribution in [2.24, 2.45) is 0 Å². The topological polar surface area (TPSA) is 88.1 Å². The molecule has 0 radical (unpaired) electrons. The summed E-state index contributed by atoms with van der Waals surface area (Å²) in [5, 5.41) is 27.5. The van der Waals surface area contributed by atoms with E-state index < -0.39 is 5.91 Å². The molecule has 1 rings (SSSR count). The lowest BCUT2D eigenvalue weighted by Crippen LogP contribution is -2.31. The highest BCUT2D eigenvalue weighted by Gasteiger charge is 2.19. The molecule has 0 spiro atoms. The van der Waals surface area contributed by atoms with E-state index in [1.807, 2.05) is 12.1 Å². The Morgan fingerprint density at radius 3 is 2.61 bits per heavy atom. The molecule has 0 bridgehead atoms. The average molecular weight is 259 g/mol. The van der Waals surface area contributed by atoms with E-state index in [0.717, 1.165) is 4.90 Å². The van der Waals surface area contributed by atoms with Gasteiger partial charge in [-0.05, 0) is 11.4 Å². The van der Waals surface area contributed by atoms with Crippen LogP contribution in [-0.2, 0) is 0 Å². The van der Waals surface area contributed by atoms with E-state index >= 15 is 0 Å². The van der Waals surface area contributed by atoms with Crippen molar-refractivity contribution in [3.8, 4) is 24.0 Å². The number of nitriles is 2. The second-order valence-electron chi connectivity index (χ2n) is 3.10. The van der Waals surface area contributed by atoms with Crippen molar-refractivity contribution < 1.29 is 9.90 Å². The van der Waals surface area contributed by atoms with Crippen LogP contribution in [0.5, 0.6) is 0 Å². The number of aliphatic hydroxyl groups is 1. The van der Waals surface area contributed by atoms with Gasteiger partial charge < -0.3 is 10.0 Å². The maximum atomic E-state index is 12.1. The van der Waals surface area contributed by atoms with Crippen molar-refractivity contribution in [2.75, 3.05) is 19.7 Å². The Labute approximate surface area is 108 Å². The average Bonchev–Trinajstić information content (AvgIpc) is 2.83. The molecule has 0 aliphatic heterocycles. The molecule has 1 amide bonds. The smallest absolute Gasteiger partial charge is 0.266 e. The minimum atomic E-state index is -0.393. The Morgan fingerprint density at radius 1 is 1.39 bits per heavy atom. The molecular weight excluding hydrogens is 250 g/mol. The first-order valence-electron chi connectivity index (χ1n) is 4.95. The van der Waals surface area contributed by atoms with Crippen LogP contribution in [0.2, 0.25) is 0 Å². The maximum absolute atomic E-state index is 12.1. The first-order chi connectivity index (χ1) is 8.74. The van der Waals surface area contributed by atoms with E-state index in [-0.39, 0.29) is 19.7 Å². The van der Waals surface area contributed by atoms with Crippen molar-refractivity contribution in [3.63, 3.8) is 0 Å². The van der Waals surface area contributed by atoms with E-state index in [4.69, 9.17) is 15.6 Å². The van der Waals surface area contributed by atoms with Crippen LogP contribution in [0.25, 0.3) is 0 Å². The molecule has 5 nitrogen and oxygen atoms in total. The largest absolute Gasteiger partial charge is 0.384 e. The van der Waals surface area contributed by atoms with Gasteiger partial charge in [-0.2, -0.15) is 10.5 Å². The molecule has 0 fully saturated rings. The van der Waals surface area contributed by atoms with Gasteiger partial charge in [0.05, 0.1) is 12.1 Å². The minimum Gasteiger partial charge on any atom is -0.384 e. The predicted octanol–water partition coefficient (Wildman–Crippen LogP) is 0.581. The lowest BCUT2D eigenvalue weighted by molar-refractivity contribution is 0.0799. The van der Waals surface area contributed by atoms with Gasteiger partial charge >= 0.3 is 0 Å². The highest BCUT2D eigenvalue weighted by Crippen LogP contribution is 2.18. The van der Waals surface area contributed by atoms with E-state index in [1.54, 1.807) is 11.4 Å². The highest BCUT2D eigenvalue weighted by molar-refractivity contribution is 7.12. The summed E-state index contributed by atoms with van der Waals surface area (Å²) in [4.78, 5) is 13.6. The van der Waals surface area contributed by atoms with Gasteiger partial charge in [0.2, 0.25) is 0 Å². The van der Waals surface area contributed by atoms with E-state index in [2.05, 4.69) is 11.8 Å². The molecule has 1 N–H and O–H groups in total. The van der Waals surface area contributed by atoms with Gasteiger partial charge in [0.1, 0.15) is 24.6 Å². The molecule has 0 aromatic carbocycles. The molecular formula is C12H9N3O2S. The van der Waals surface area contributed by atoms with Crippen LogP contribution in [0.15, 0.2) is 11.4 Å². The Balaban J connectivity index is 2.99. The number of rotatable bonds is 3. The molecule has 1 heterocycles. The quantitative estimate of drug-likeness (QED) is 0.635. The Morgan fingerprint density at radius 2 is 2.06 bits per heavy atom. The third kappa shape index (κ3) is 3.33. The van der Waals surface area contributed by atoms with Crippen molar-refractivity contribution in [3.05, 3.63) is 21.9 Å². The Hall–Kier alpha value is -2.33. The number of hydrogen-bond acceptors (Lipinski definition) is 5. The summed E-state index contributed by atoms with van der Waals surface area (Å²) in [6.45, 7) is -0.572. The van der Waals surface area contributed by atoms with Crippen LogP contribution in [0.1, 0.15) is 15.2 Å². The third-order valence-electron chi connectivity index (χ3n) is 1.97. The number of aliphatic hydroxyl groups excluding tert-OH is 1. The van der Waals surface area contributed by atoms with Crippen molar-refractivity contribution in [1.29, 1.82) is 10.5 Å². The van der Waals surface area contributed by atoms with Crippen molar-refractivity contribution >= 4 is 17.2 Å². The number of hydrogen-bond donors (Lipinski definition) is 1. The zero-order valence-electron chi connectivity index (χ0n) is 9.38. The summed E-state index contributed by atoms with van der Waals surface area (Å²) >= 11 is 1.19. The Bertz CT molecular complexity index is 553. The van der Waals surface area contributed by atoms with Crippen molar-refractivity contribution in [1.82, 2.24) is 4.90 Å². The van der Waals surface area contributed by atoms with Gasteiger partial charge in [-0.3, -0.25) is 4.79 Å². The third-order valence-corrected chi connectivity index (χ3v) is 2.87. The molecule has 0 unspecified atom stereocenters. The molecule has 90 valence electrons. The van der Waals surface area contributed by atoms with Crippen molar-refractivity contribution in [2.45, 2.75) is 0 Å². The lowest BCUT2D eigenvalue weighted by Gasteiger charge is -2.14. The second-order valence-corrected chi connectivity index (χ2v) is 4.02. The monoisotopic (exact) mass is 259 g/mol. The van der Waals surface area contributed by atoms with Crippen LogP contribution in [-0.4, -0.2) is 35.6 Å². The van der Waals surface area contributed by atoms with Crippen LogP contribution in [0, 0.1) is 34.5 Å². The van der Waals surface area contributed by atoms with Gasteiger partial charge in [-0.25, -0.2) is 0 Å². The molecule has 1 aromatic heterocycles. The van der Waals surface area contributed by atoms with E-state index in [9.17, 15) is 4.79 Å². The van der Waals surface area contributed by atoms with Gasteiger partial charge in [0.15, 0.2) is 0 Å². The molecule has 18 heavy (non-hydrogen) atoms. The number of nitrogens with zero attached hydrogens (tertiary/aromatic N) is 3. The van der Waals surface area contributed by atoms with E-state index in [1.165, 1.54) is 11.3 Å². The fourth-order valence-corrected chi connectivity index (χ4v) is 2.04. The molecule has 0 aliphatic carbocycles. The molecule has 0 saturated heterocycles. The lowest BCUT2D eigenvalue weighted by atomic mass is 10.2. The van der Waals surface area contributed by atoms with Gasteiger partial charge in [-0.15, -0.1) is 11.3 Å². The Kier molecular flexibility index (Phi) is 5.41. The maximum Gasteiger partial charge on any atom is 0.266 e. The summed E-state index contributed by atoms with van der Waals surface area (Å²) < 4.78 is 0. The second kappa shape index (κ2) is 7.09. The fourth-order valence-electron chi connectivity index (χ4n) is 1.22. The van der Waals surface area contributed by atoms with Crippen LogP contribution in [0.3, 0.4) is 0 Å². The van der Waals surface area contributed by atoms with Crippen LogP contribution >= 0.6 is 11.3 Å². The fraction of sp³-hybridized carbons (Fsp3) is 0.250. The van der Waals surface area contributed by atoms with Crippen LogP contribution in [0.4, 0.5) is 0 Å². The number of thiophene rings is 1. The highest BCUT2D eigenvalue weighted by atomic mass is 32.1. The summed E-state index contributed by atoms with van der Waals surface area (Å²) in [5.41, 5.74) is 0.500. The predicted molar refractivity (Wildman–Crippen MR) is 65.4 cm³/mol.